The van der Waals surface area contributed by atoms with Gasteiger partial charge in [-0.1, -0.05) is 51.0 Å². The van der Waals surface area contributed by atoms with E-state index in [0.717, 1.165) is 5.52 Å². The highest BCUT2D eigenvalue weighted by molar-refractivity contribution is 5.78. The summed E-state index contributed by atoms with van der Waals surface area (Å²) < 4.78 is 0. The molecule has 1 aromatic carbocycles. The van der Waals surface area contributed by atoms with Crippen LogP contribution >= 0.6 is 0 Å². The Balaban J connectivity index is 2.25. The number of para-hydroxylation sites is 1. The van der Waals surface area contributed by atoms with Gasteiger partial charge in [-0.2, -0.15) is 0 Å². The molecule has 0 aliphatic heterocycles. The molecule has 0 N–H and O–H groups in total. The molecule has 0 aliphatic carbocycles. The lowest BCUT2D eigenvalue weighted by atomic mass is 9.99. The molecule has 1 heterocycles. The topological polar surface area (TPSA) is 12.9 Å². The first-order valence-corrected chi connectivity index (χ1v) is 6.17. The van der Waals surface area contributed by atoms with Crippen LogP contribution in [-0.4, -0.2) is 4.98 Å². The van der Waals surface area contributed by atoms with Crippen molar-refractivity contribution in [1.29, 1.82) is 0 Å². The molecule has 1 unspecified atom stereocenters. The van der Waals surface area contributed by atoms with Crippen molar-refractivity contribution >= 4 is 10.9 Å². The highest BCUT2D eigenvalue weighted by atomic mass is 14.7. The second-order valence-electron chi connectivity index (χ2n) is 4.47. The van der Waals surface area contributed by atoms with Crippen LogP contribution in [0.25, 0.3) is 10.9 Å². The summed E-state index contributed by atoms with van der Waals surface area (Å²) >= 11 is 0. The third-order valence-corrected chi connectivity index (χ3v) is 3.12. The third kappa shape index (κ3) is 2.41. The molecule has 1 nitrogen and oxygen atoms in total. The smallest absolute Gasteiger partial charge is 0.0705 e. The minimum absolute atomic E-state index is 0.574. The van der Waals surface area contributed by atoms with Gasteiger partial charge in [-0.3, -0.25) is 4.98 Å². The molecule has 0 bridgehead atoms. The van der Waals surface area contributed by atoms with Crippen LogP contribution in [0.1, 0.15) is 44.7 Å². The molecule has 2 rings (SSSR count). The maximum atomic E-state index is 4.73. The summed E-state index contributed by atoms with van der Waals surface area (Å²) in [6.07, 6.45) is 3.79. The largest absolute Gasteiger partial charge is 0.253 e. The Hall–Kier alpha value is -1.37. The molecule has 0 fully saturated rings. The molecular weight excluding hydrogens is 194 g/mol. The first-order chi connectivity index (χ1) is 7.81. The first kappa shape index (κ1) is 11.1. The molecule has 2 aromatic rings. The van der Waals surface area contributed by atoms with Crippen LogP contribution in [0.2, 0.25) is 0 Å². The first-order valence-electron chi connectivity index (χ1n) is 6.17. The van der Waals surface area contributed by atoms with E-state index in [1.165, 1.54) is 30.3 Å². The normalized spacial score (nSPS) is 12.9. The molecule has 0 saturated heterocycles. The number of rotatable bonds is 4. The molecule has 0 saturated carbocycles. The van der Waals surface area contributed by atoms with E-state index < -0.39 is 0 Å². The molecule has 1 heteroatoms. The van der Waals surface area contributed by atoms with Crippen LogP contribution in [0.15, 0.2) is 36.4 Å². The van der Waals surface area contributed by atoms with E-state index in [0.29, 0.717) is 5.92 Å². The zero-order valence-corrected chi connectivity index (χ0v) is 10.1. The van der Waals surface area contributed by atoms with Crippen LogP contribution in [0, 0.1) is 0 Å². The minimum atomic E-state index is 0.574. The lowest BCUT2D eigenvalue weighted by Gasteiger charge is -2.10. The Morgan fingerprint density at radius 2 is 1.94 bits per heavy atom. The second kappa shape index (κ2) is 5.11. The predicted octanol–water partition coefficient (Wildman–Crippen LogP) is 4.53. The van der Waals surface area contributed by atoms with Crippen molar-refractivity contribution in [1.82, 2.24) is 4.98 Å². The number of benzene rings is 1. The Morgan fingerprint density at radius 3 is 2.75 bits per heavy atom. The Bertz CT molecular complexity index is 462. The predicted molar refractivity (Wildman–Crippen MR) is 69.7 cm³/mol. The van der Waals surface area contributed by atoms with Crippen molar-refractivity contribution in [2.24, 2.45) is 0 Å². The summed E-state index contributed by atoms with van der Waals surface area (Å²) in [6.45, 7) is 4.51. The summed E-state index contributed by atoms with van der Waals surface area (Å²) in [5, 5.41) is 1.23. The minimum Gasteiger partial charge on any atom is -0.253 e. The van der Waals surface area contributed by atoms with E-state index in [9.17, 15) is 0 Å². The molecule has 0 aliphatic rings. The third-order valence-electron chi connectivity index (χ3n) is 3.12. The summed E-state index contributed by atoms with van der Waals surface area (Å²) in [4.78, 5) is 4.73. The van der Waals surface area contributed by atoms with Crippen LogP contribution in [-0.2, 0) is 0 Å². The van der Waals surface area contributed by atoms with Gasteiger partial charge in [0.25, 0.3) is 0 Å². The maximum absolute atomic E-state index is 4.73. The fraction of sp³-hybridized carbons (Fsp3) is 0.400. The monoisotopic (exact) mass is 213 g/mol. The Labute approximate surface area is 97.5 Å². The number of fused-ring (bicyclic) bond motifs is 1. The van der Waals surface area contributed by atoms with Crippen LogP contribution in [0.3, 0.4) is 0 Å². The van der Waals surface area contributed by atoms with Gasteiger partial charge in [0.15, 0.2) is 0 Å². The molecule has 84 valence electrons. The summed E-state index contributed by atoms with van der Waals surface area (Å²) in [7, 11) is 0. The summed E-state index contributed by atoms with van der Waals surface area (Å²) in [5.41, 5.74) is 2.34. The van der Waals surface area contributed by atoms with E-state index in [2.05, 4.69) is 50.2 Å². The van der Waals surface area contributed by atoms with E-state index in [-0.39, 0.29) is 0 Å². The fourth-order valence-corrected chi connectivity index (χ4v) is 2.01. The number of pyridine rings is 1. The van der Waals surface area contributed by atoms with Crippen molar-refractivity contribution in [3.8, 4) is 0 Å². The highest BCUT2D eigenvalue weighted by Gasteiger charge is 2.06. The standard InChI is InChI=1S/C15H19N/c1-3-4-7-12(2)14-11-10-13-8-5-6-9-15(13)16-14/h5-6,8-12H,3-4,7H2,1-2H3. The Kier molecular flexibility index (Phi) is 3.55. The van der Waals surface area contributed by atoms with Gasteiger partial charge < -0.3 is 0 Å². The van der Waals surface area contributed by atoms with Gasteiger partial charge in [0.1, 0.15) is 0 Å². The lowest BCUT2D eigenvalue weighted by Crippen LogP contribution is -1.97. The molecule has 1 aromatic heterocycles. The molecule has 0 spiro atoms. The number of aromatic nitrogens is 1. The van der Waals surface area contributed by atoms with Crippen molar-refractivity contribution < 1.29 is 0 Å². The van der Waals surface area contributed by atoms with Gasteiger partial charge >= 0.3 is 0 Å². The van der Waals surface area contributed by atoms with Gasteiger partial charge in [0.2, 0.25) is 0 Å². The summed E-state index contributed by atoms with van der Waals surface area (Å²) in [5.74, 6) is 0.574. The van der Waals surface area contributed by atoms with Gasteiger partial charge in [-0.05, 0) is 24.5 Å². The number of nitrogens with zero attached hydrogens (tertiary/aromatic N) is 1. The van der Waals surface area contributed by atoms with Gasteiger partial charge in [0.05, 0.1) is 5.52 Å². The zero-order chi connectivity index (χ0) is 11.4. The second-order valence-corrected chi connectivity index (χ2v) is 4.47. The van der Waals surface area contributed by atoms with E-state index in [1.807, 2.05) is 0 Å². The molecule has 0 amide bonds. The maximum Gasteiger partial charge on any atom is 0.0705 e. The SMILES string of the molecule is CCCCC(C)c1ccc2ccccc2n1. The lowest BCUT2D eigenvalue weighted by molar-refractivity contribution is 0.613. The Morgan fingerprint density at radius 1 is 1.12 bits per heavy atom. The molecule has 1 atom stereocenters. The molecule has 16 heavy (non-hydrogen) atoms. The van der Waals surface area contributed by atoms with E-state index >= 15 is 0 Å². The van der Waals surface area contributed by atoms with Crippen molar-refractivity contribution in [2.45, 2.75) is 39.0 Å². The van der Waals surface area contributed by atoms with Crippen molar-refractivity contribution in [3.63, 3.8) is 0 Å². The zero-order valence-electron chi connectivity index (χ0n) is 10.1. The highest BCUT2D eigenvalue weighted by Crippen LogP contribution is 2.22. The van der Waals surface area contributed by atoms with E-state index in [1.54, 1.807) is 0 Å². The van der Waals surface area contributed by atoms with Crippen molar-refractivity contribution in [3.05, 3.63) is 42.1 Å². The van der Waals surface area contributed by atoms with Crippen molar-refractivity contribution in [2.75, 3.05) is 0 Å². The summed E-state index contributed by atoms with van der Waals surface area (Å²) in [6, 6.07) is 12.7. The number of hydrogen-bond donors (Lipinski definition) is 0. The number of unbranched alkanes of at least 4 members (excludes halogenated alkanes) is 1. The van der Waals surface area contributed by atoms with Crippen LogP contribution in [0.5, 0.6) is 0 Å². The molecular formula is C15H19N. The fourth-order valence-electron chi connectivity index (χ4n) is 2.01. The van der Waals surface area contributed by atoms with Crippen LogP contribution < -0.4 is 0 Å². The number of hydrogen-bond acceptors (Lipinski definition) is 1. The van der Waals surface area contributed by atoms with E-state index in [4.69, 9.17) is 4.98 Å². The average Bonchev–Trinajstić information content (AvgIpc) is 2.35. The van der Waals surface area contributed by atoms with Gasteiger partial charge in [-0.15, -0.1) is 0 Å². The van der Waals surface area contributed by atoms with Gasteiger partial charge in [-0.25, -0.2) is 0 Å². The van der Waals surface area contributed by atoms with Crippen LogP contribution in [0.4, 0.5) is 0 Å². The molecule has 0 radical (unpaired) electrons. The van der Waals surface area contributed by atoms with Gasteiger partial charge in [0, 0.05) is 11.1 Å². The average molecular weight is 213 g/mol. The quantitative estimate of drug-likeness (QED) is 0.727.